The van der Waals surface area contributed by atoms with E-state index in [-0.39, 0.29) is 67.0 Å². The molecule has 0 spiro atoms. The van der Waals surface area contributed by atoms with Crippen LogP contribution in [0.25, 0.3) is 196 Å². The minimum absolute atomic E-state index is 0.0184. The molecule has 0 unspecified atom stereocenters. The molecule has 714 valence electrons. The fourth-order valence-electron chi connectivity index (χ4n) is 17.7. The zero-order chi connectivity index (χ0) is 101. The van der Waals surface area contributed by atoms with E-state index in [1.165, 1.54) is 0 Å². The van der Waals surface area contributed by atoms with Crippen LogP contribution in [0.4, 0.5) is 0 Å². The van der Waals surface area contributed by atoms with E-state index in [1.807, 2.05) is 291 Å². The van der Waals surface area contributed by atoms with Gasteiger partial charge in [0, 0.05) is 134 Å². The van der Waals surface area contributed by atoms with E-state index in [9.17, 15) is 30.6 Å². The van der Waals surface area contributed by atoms with Gasteiger partial charge in [-0.3, -0.25) is 29.9 Å². The Kier molecular flexibility index (Phi) is 25.1. The van der Waals surface area contributed by atoms with Gasteiger partial charge in [0.2, 0.25) is 0 Å². The predicted octanol–water partition coefficient (Wildman–Crippen LogP) is 31.3. The number of aromatic hydroxyl groups is 6. The highest BCUT2D eigenvalue weighted by Gasteiger charge is 2.25. The second kappa shape index (κ2) is 37.6. The molecule has 6 N–H and O–H groups in total. The van der Waals surface area contributed by atoms with Crippen molar-refractivity contribution in [2.24, 2.45) is 0 Å². The van der Waals surface area contributed by atoms with Crippen molar-refractivity contribution in [3.8, 4) is 34.5 Å². The quantitative estimate of drug-likeness (QED) is 0.0823. The smallest absolute Gasteiger partial charge is 0.164 e. The molecule has 0 atom stereocenters. The molecule has 144 heavy (non-hydrogen) atoms. The van der Waals surface area contributed by atoms with Crippen molar-refractivity contribution in [2.45, 2.75) is 157 Å². The molecular weight excluding hydrogens is 1780 g/mol. The fourth-order valence-corrected chi connectivity index (χ4v) is 17.7. The number of phenolic OH excluding ortho intramolecular Hbond substituents is 6. The summed E-state index contributed by atoms with van der Waals surface area (Å²) in [5.74, 6) is 0.111. The van der Waals surface area contributed by atoms with Crippen molar-refractivity contribution >= 4 is 196 Å². The fraction of sp³-hybridized carbons (Fsp3) is 0.190. The van der Waals surface area contributed by atoms with E-state index in [0.29, 0.717) is 164 Å². The number of phenols is 6. The molecule has 30 bridgehead atoms. The molecule has 23 aromatic heterocycles. The minimum Gasteiger partial charge on any atom is -0.507 e. The maximum absolute atomic E-state index is 12.7. The van der Waals surface area contributed by atoms with Gasteiger partial charge in [-0.05, 0) is 207 Å². The van der Waals surface area contributed by atoms with E-state index in [2.05, 4.69) is 125 Å². The molecule has 0 aliphatic carbocycles. The maximum Gasteiger partial charge on any atom is 0.164 e. The zero-order valence-corrected chi connectivity index (χ0v) is 84.2. The summed E-state index contributed by atoms with van der Waals surface area (Å²) in [6, 6.07) is 93.3. The van der Waals surface area contributed by atoms with Gasteiger partial charge < -0.3 is 30.6 Å². The van der Waals surface area contributed by atoms with Crippen LogP contribution in [0.3, 0.4) is 0 Å². The molecule has 38 rings (SSSR count). The van der Waals surface area contributed by atoms with E-state index >= 15 is 0 Å². The molecule has 18 heteroatoms. The molecule has 0 aliphatic rings. The summed E-state index contributed by atoms with van der Waals surface area (Å²) < 4.78 is 0. The highest BCUT2D eigenvalue weighted by Crippen LogP contribution is 2.43. The van der Waals surface area contributed by atoms with E-state index < -0.39 is 0 Å². The molecule has 15 aromatic carbocycles. The van der Waals surface area contributed by atoms with E-state index in [4.69, 9.17) is 59.8 Å². The van der Waals surface area contributed by atoms with E-state index in [1.54, 1.807) is 37.2 Å². The predicted molar refractivity (Wildman–Crippen MR) is 596 cm³/mol. The Morgan fingerprint density at radius 3 is 0.382 bits per heavy atom. The molecule has 0 saturated heterocycles. The Bertz CT molecular complexity index is 7850. The first-order valence-corrected chi connectivity index (χ1v) is 48.5. The minimum atomic E-state index is -0.375. The van der Waals surface area contributed by atoms with Gasteiger partial charge in [-0.1, -0.05) is 307 Å². The van der Waals surface area contributed by atoms with Crippen LogP contribution in [0.15, 0.2) is 328 Å². The van der Waals surface area contributed by atoms with Gasteiger partial charge in [0.25, 0.3) is 0 Å². The lowest BCUT2D eigenvalue weighted by molar-refractivity contribution is 0.486. The topological polar surface area (TPSA) is 276 Å². The van der Waals surface area contributed by atoms with Crippen LogP contribution >= 0.6 is 0 Å². The molecule has 38 aromatic rings. The first kappa shape index (κ1) is 96.0. The van der Waals surface area contributed by atoms with Crippen molar-refractivity contribution in [3.63, 3.8) is 0 Å². The average Bonchev–Trinajstić information content (AvgIpc) is 0.789. The summed E-state index contributed by atoms with van der Waals surface area (Å²) in [5, 5.41) is 90.7. The Hall–Kier alpha value is -16.9. The molecular formula is C126H114N12O6. The van der Waals surface area contributed by atoms with Gasteiger partial charge in [-0.15, -0.1) is 0 Å². The number of rotatable bonds is 0. The highest BCUT2D eigenvalue weighted by atomic mass is 16.3. The Balaban J connectivity index is 0.942. The summed E-state index contributed by atoms with van der Waals surface area (Å²) in [4.78, 5) is 62.1. The number of hydrogen-bond donors (Lipinski definition) is 6. The van der Waals surface area contributed by atoms with Crippen molar-refractivity contribution in [1.29, 1.82) is 0 Å². The summed E-state index contributed by atoms with van der Waals surface area (Å²) >= 11 is 0. The second-order valence-electron chi connectivity index (χ2n) is 43.4. The molecule has 0 amide bonds. The largest absolute Gasteiger partial charge is 0.507 e. The number of hydrogen-bond acceptors (Lipinski definition) is 18. The standard InChI is InChI=1S/C126H114N12O6/c1-121(2,3)91-55-85-67-127-103-25-19-20-26-104(103)128-68-86-56-92(122(4,5)6)62-98(110(86)140)74-37-49-82(50-38-74)118-136-119-83-51-39-77(40-52-83)101-65-95(125(13,14)15)59-89(113(101)143)71-131-107-29-23-21-27-105(107)129-69-87-57-93(123(7,8)9)63-99(111(87)141)75-33-45-80(46-34-75)116-133-115(79-43-31-73(32-44-79)97(61-91)109(85)139)134-117(135-116)81-47-35-76(36-48-81)100-64-94(124(10,11)12)58-88(112(100)142)70-130-106-28-22-24-30-108(106)132-72-90-60-96(126(16,17)18)66-102(114(90)144)78-41-53-84(54-42-78)120(137-118)138-119/h19-72,139-144H,1-18H3. The number of benzene rings is 15. The summed E-state index contributed by atoms with van der Waals surface area (Å²) in [5.41, 5.74) is 8.83. The summed E-state index contributed by atoms with van der Waals surface area (Å²) in [6.45, 7) is 38.4. The lowest BCUT2D eigenvalue weighted by Gasteiger charge is -2.20. The van der Waals surface area contributed by atoms with E-state index in [0.717, 1.165) is 65.7 Å². The Morgan fingerprint density at radius 1 is 0.146 bits per heavy atom. The lowest BCUT2D eigenvalue weighted by Crippen LogP contribution is -2.10. The van der Waals surface area contributed by atoms with Crippen LogP contribution in [0, 0.1) is 0 Å². The van der Waals surface area contributed by atoms with Crippen molar-refractivity contribution < 1.29 is 30.6 Å². The van der Waals surface area contributed by atoms with Gasteiger partial charge in [-0.2, -0.15) is 0 Å². The highest BCUT2D eigenvalue weighted by molar-refractivity contribution is 6.04. The van der Waals surface area contributed by atoms with Gasteiger partial charge in [0.15, 0.2) is 33.9 Å². The van der Waals surface area contributed by atoms with Crippen LogP contribution in [0.2, 0.25) is 0 Å². The summed E-state index contributed by atoms with van der Waals surface area (Å²) in [6.07, 6.45) is 10.0. The normalized spacial score (nSPS) is 12.1. The number of para-hydroxylation sites is 6. The number of nitrogens with zero attached hydrogens (tertiary/aromatic N) is 12. The second-order valence-corrected chi connectivity index (χ2v) is 43.4. The third-order valence-electron chi connectivity index (χ3n) is 26.7. The van der Waals surface area contributed by atoms with Crippen LogP contribution < -0.4 is 0 Å². The Morgan fingerprint density at radius 2 is 0.264 bits per heavy atom. The van der Waals surface area contributed by atoms with Crippen LogP contribution in [-0.4, -0.2) is 90.4 Å². The lowest BCUT2D eigenvalue weighted by atomic mass is 9.85. The van der Waals surface area contributed by atoms with Gasteiger partial charge in [0.1, 0.15) is 34.5 Å². The summed E-state index contributed by atoms with van der Waals surface area (Å²) in [7, 11) is 0. The average molecular weight is 1890 g/mol. The maximum atomic E-state index is 12.7. The molecule has 0 radical (unpaired) electrons. The third kappa shape index (κ3) is 20.0. The van der Waals surface area contributed by atoms with Gasteiger partial charge in [0.05, 0.1) is 33.1 Å². The van der Waals surface area contributed by atoms with Crippen molar-refractivity contribution in [3.05, 3.63) is 362 Å². The van der Waals surface area contributed by atoms with Crippen molar-refractivity contribution in [2.75, 3.05) is 0 Å². The molecule has 0 aliphatic heterocycles. The SMILES string of the molecule is CC(C)(C)c1cc2cnc3ccccc3ncc3cc(C(C)(C)C)cc(c3O)c3ccc(cc3)c3nc4nc(n3)c3ccc(cc3)c3cc(C(C)(C)C)cc(cnc5ccccc5ncc5cc(C(C)(C)C)cc(c5O)c5ccc(cc5)c5nc(nc(n5)c5ccc(cc5)c5cc(C(C)(C)C)cc(cnc6ccccc6ncc6cc(C(C)(C)C)cc(c6O)c6ccc4cc6)c5O)c4ccc(cc4)c(c1)c2O)c3O. The molecule has 0 saturated carbocycles. The van der Waals surface area contributed by atoms with Crippen LogP contribution in [0.1, 0.15) is 158 Å². The number of aromatic nitrogens is 12. The Labute approximate surface area is 834 Å². The van der Waals surface area contributed by atoms with Crippen LogP contribution in [-0.2, 0) is 32.5 Å². The first-order chi connectivity index (χ1) is 68.5. The van der Waals surface area contributed by atoms with Crippen molar-refractivity contribution in [1.82, 2.24) is 59.8 Å². The first-order valence-electron chi connectivity index (χ1n) is 48.5. The molecule has 23 heterocycles. The third-order valence-corrected chi connectivity index (χ3v) is 26.7. The monoisotopic (exact) mass is 1890 g/mol. The van der Waals surface area contributed by atoms with Crippen LogP contribution in [0.5, 0.6) is 34.5 Å². The van der Waals surface area contributed by atoms with Gasteiger partial charge in [-0.25, -0.2) is 29.9 Å². The molecule has 18 nitrogen and oxygen atoms in total. The van der Waals surface area contributed by atoms with Gasteiger partial charge >= 0.3 is 0 Å². The zero-order valence-electron chi connectivity index (χ0n) is 84.2. The molecule has 0 fully saturated rings.